The maximum absolute atomic E-state index is 12.5. The molecule has 3 aromatic carbocycles. The first kappa shape index (κ1) is 45.2. The average Bonchev–Trinajstić information content (AvgIpc) is 4.16. The summed E-state index contributed by atoms with van der Waals surface area (Å²) in [7, 11) is 1.29. The van der Waals surface area contributed by atoms with Crippen molar-refractivity contribution in [2.24, 2.45) is 0 Å². The van der Waals surface area contributed by atoms with Crippen LogP contribution in [0.5, 0.6) is 0 Å². The Bertz CT molecular complexity index is 2500. The Morgan fingerprint density at radius 2 is 1.37 bits per heavy atom. The van der Waals surface area contributed by atoms with Crippen molar-refractivity contribution in [3.05, 3.63) is 108 Å². The smallest absolute Gasteiger partial charge is 0.407 e. The molecule has 4 aromatic heterocycles. The number of thiophene rings is 2. The first-order chi connectivity index (χ1) is 30.2. The summed E-state index contributed by atoms with van der Waals surface area (Å²) in [4.78, 5) is 64.0. The molecular weight excluding hydrogens is 821 g/mol. The van der Waals surface area contributed by atoms with Gasteiger partial charge in [0.05, 0.1) is 58.6 Å². The van der Waals surface area contributed by atoms with E-state index in [1.54, 1.807) is 22.5 Å². The summed E-state index contributed by atoms with van der Waals surface area (Å²) in [5.74, 6) is -0.195. The van der Waals surface area contributed by atoms with Crippen molar-refractivity contribution in [2.75, 3.05) is 39.8 Å². The third-order valence-electron chi connectivity index (χ3n) is 10.2. The van der Waals surface area contributed by atoms with Gasteiger partial charge in [-0.2, -0.15) is 0 Å². The number of fused-ring (bicyclic) bond motifs is 2. The SMILES string of the molecule is CC(=O)NCC(=O)N1CCCC1.CCC.COC(=O)NC(C(=O)N1CCCC1)c1ccccc1.c1ncc(-c2ccc(-c3csc4c(-c5ccc6nc[nH]c6c5)csc34)cc2)[nH]1. The zero-order valence-electron chi connectivity index (χ0n) is 35.6. The van der Waals surface area contributed by atoms with E-state index in [-0.39, 0.29) is 24.3 Å². The number of hydrogen-bond donors (Lipinski definition) is 4. The second-order valence-corrected chi connectivity index (χ2v) is 16.6. The second-order valence-electron chi connectivity index (χ2n) is 14.9. The van der Waals surface area contributed by atoms with Crippen LogP contribution in [0.3, 0.4) is 0 Å². The number of likely N-dealkylation sites (tertiary alicyclic amines) is 2. The minimum Gasteiger partial charge on any atom is -0.453 e. The fraction of sp³-hybridized carbons (Fsp3) is 0.319. The fourth-order valence-electron chi connectivity index (χ4n) is 7.07. The number of carbonyl (C=O) groups excluding carboxylic acids is 4. The number of imidazole rings is 2. The van der Waals surface area contributed by atoms with Crippen molar-refractivity contribution < 1.29 is 23.9 Å². The fourth-order valence-corrected chi connectivity index (χ4v) is 9.53. The van der Waals surface area contributed by atoms with Gasteiger partial charge in [0.2, 0.25) is 17.7 Å². The topological polar surface area (TPSA) is 165 Å². The molecule has 4 N–H and O–H groups in total. The lowest BCUT2D eigenvalue weighted by atomic mass is 10.0. The number of ether oxygens (including phenoxy) is 1. The van der Waals surface area contributed by atoms with Crippen molar-refractivity contribution in [2.45, 2.75) is 58.9 Å². The lowest BCUT2D eigenvalue weighted by Gasteiger charge is -2.23. The summed E-state index contributed by atoms with van der Waals surface area (Å²) in [6, 6.07) is 23.6. The molecule has 6 heterocycles. The predicted molar refractivity (Wildman–Crippen MR) is 249 cm³/mol. The largest absolute Gasteiger partial charge is 0.453 e. The van der Waals surface area contributed by atoms with Gasteiger partial charge in [-0.25, -0.2) is 14.8 Å². The molecule has 0 bridgehead atoms. The van der Waals surface area contributed by atoms with Gasteiger partial charge in [0.25, 0.3) is 0 Å². The molecule has 4 amide bonds. The van der Waals surface area contributed by atoms with E-state index in [0.29, 0.717) is 0 Å². The molecule has 324 valence electrons. The van der Waals surface area contributed by atoms with E-state index in [0.717, 1.165) is 79.7 Å². The standard InChI is InChI=1S/C22H14N4S2.C14H18N2O3.C8H14N2O2.C3H8/c1-3-14(20-8-23-11-24-20)4-2-13(1)16-9-27-22-17(10-28-21(16)22)15-5-6-18-19(7-15)26-12-25-18;1-19-14(18)15-12(11-7-3-2-4-8-11)13(17)16-9-5-6-10-16;1-7(11)9-6-8(12)10-4-2-3-5-10;1-3-2/h1-12H,(H,23,24)(H,25,26);2-4,7-8,12H,5-6,9-10H2,1H3,(H,15,18);2-6H2,1H3,(H,9,11);3H2,1-2H3. The van der Waals surface area contributed by atoms with Crippen LogP contribution in [0.25, 0.3) is 53.9 Å². The van der Waals surface area contributed by atoms with Gasteiger partial charge >= 0.3 is 6.09 Å². The van der Waals surface area contributed by atoms with Crippen molar-refractivity contribution in [1.82, 2.24) is 40.4 Å². The molecule has 7 aromatic rings. The average molecular weight is 875 g/mol. The molecule has 2 fully saturated rings. The van der Waals surface area contributed by atoms with E-state index in [2.05, 4.69) is 102 Å². The Morgan fingerprint density at radius 3 is 1.97 bits per heavy atom. The monoisotopic (exact) mass is 874 g/mol. The maximum atomic E-state index is 12.5. The Balaban J connectivity index is 0.000000164. The van der Waals surface area contributed by atoms with Gasteiger partial charge in [-0.05, 0) is 60.1 Å². The summed E-state index contributed by atoms with van der Waals surface area (Å²) in [6.07, 6.45) is 10.2. The molecule has 0 saturated carbocycles. The van der Waals surface area contributed by atoms with Gasteiger partial charge in [-0.3, -0.25) is 14.4 Å². The van der Waals surface area contributed by atoms with E-state index in [1.807, 2.05) is 59.2 Å². The molecule has 13 nitrogen and oxygen atoms in total. The summed E-state index contributed by atoms with van der Waals surface area (Å²) < 4.78 is 7.28. The number of aromatic amines is 2. The third-order valence-corrected chi connectivity index (χ3v) is 12.4. The summed E-state index contributed by atoms with van der Waals surface area (Å²) in [5.41, 5.74) is 10.1. The summed E-state index contributed by atoms with van der Waals surface area (Å²) in [6.45, 7) is 9.01. The quantitative estimate of drug-likeness (QED) is 0.118. The molecule has 1 atom stereocenters. The molecule has 0 aliphatic carbocycles. The Labute approximate surface area is 369 Å². The molecule has 0 radical (unpaired) electrons. The molecule has 2 saturated heterocycles. The number of aromatic nitrogens is 4. The summed E-state index contributed by atoms with van der Waals surface area (Å²) in [5, 5.41) is 9.63. The third kappa shape index (κ3) is 11.7. The number of benzene rings is 3. The zero-order chi connectivity index (χ0) is 43.8. The van der Waals surface area contributed by atoms with E-state index >= 15 is 0 Å². The van der Waals surface area contributed by atoms with Crippen LogP contribution in [0.4, 0.5) is 4.79 Å². The van der Waals surface area contributed by atoms with E-state index < -0.39 is 12.1 Å². The van der Waals surface area contributed by atoms with Gasteiger partial charge < -0.3 is 35.1 Å². The van der Waals surface area contributed by atoms with Crippen LogP contribution in [0, 0.1) is 0 Å². The van der Waals surface area contributed by atoms with Gasteiger partial charge in [-0.15, -0.1) is 22.7 Å². The van der Waals surface area contributed by atoms with Crippen LogP contribution < -0.4 is 10.6 Å². The van der Waals surface area contributed by atoms with Crippen LogP contribution in [-0.2, 0) is 19.1 Å². The number of rotatable bonds is 8. The first-order valence-electron chi connectivity index (χ1n) is 20.9. The number of carbonyl (C=O) groups is 4. The van der Waals surface area contributed by atoms with E-state index in [9.17, 15) is 19.2 Å². The molecule has 2 aliphatic rings. The minimum atomic E-state index is -0.674. The van der Waals surface area contributed by atoms with Gasteiger partial charge in [0.1, 0.15) is 6.04 Å². The number of H-pyrrole nitrogens is 2. The van der Waals surface area contributed by atoms with Gasteiger partial charge in [0, 0.05) is 55.0 Å². The van der Waals surface area contributed by atoms with E-state index in [1.165, 1.54) is 52.1 Å². The highest BCUT2D eigenvalue weighted by molar-refractivity contribution is 7.27. The van der Waals surface area contributed by atoms with Crippen molar-refractivity contribution in [1.29, 1.82) is 0 Å². The van der Waals surface area contributed by atoms with Crippen LogP contribution in [-0.4, -0.2) is 93.4 Å². The van der Waals surface area contributed by atoms with Crippen LogP contribution in [0.1, 0.15) is 64.5 Å². The maximum Gasteiger partial charge on any atom is 0.407 e. The number of methoxy groups -OCH3 is 1. The molecule has 15 heteroatoms. The minimum absolute atomic E-state index is 0.0303. The molecule has 62 heavy (non-hydrogen) atoms. The lowest BCUT2D eigenvalue weighted by Crippen LogP contribution is -2.41. The van der Waals surface area contributed by atoms with Gasteiger partial charge in [0.15, 0.2) is 0 Å². The lowest BCUT2D eigenvalue weighted by molar-refractivity contribution is -0.132. The Morgan fingerprint density at radius 1 is 0.774 bits per heavy atom. The normalized spacial score (nSPS) is 13.5. The second kappa shape index (κ2) is 22.5. The van der Waals surface area contributed by atoms with Gasteiger partial charge in [-0.1, -0.05) is 80.9 Å². The van der Waals surface area contributed by atoms with Crippen molar-refractivity contribution in [3.63, 3.8) is 0 Å². The molecule has 2 aliphatic heterocycles. The summed E-state index contributed by atoms with van der Waals surface area (Å²) >= 11 is 3.63. The number of hydrogen-bond acceptors (Lipinski definition) is 9. The predicted octanol–water partition coefficient (Wildman–Crippen LogP) is 9.43. The Kier molecular flexibility index (Phi) is 16.4. The molecule has 9 rings (SSSR count). The number of amides is 4. The highest BCUT2D eigenvalue weighted by atomic mass is 32.1. The van der Waals surface area contributed by atoms with Crippen LogP contribution in [0.15, 0.2) is 102 Å². The van der Waals surface area contributed by atoms with Crippen molar-refractivity contribution in [3.8, 4) is 33.5 Å². The number of alkyl carbamates (subject to hydrolysis) is 1. The number of nitrogens with zero attached hydrogens (tertiary/aromatic N) is 4. The van der Waals surface area contributed by atoms with Crippen molar-refractivity contribution >= 4 is 66.9 Å². The van der Waals surface area contributed by atoms with Crippen LogP contribution in [0.2, 0.25) is 0 Å². The molecule has 1 unspecified atom stereocenters. The number of nitrogens with one attached hydrogen (secondary N) is 4. The van der Waals surface area contributed by atoms with Crippen LogP contribution >= 0.6 is 22.7 Å². The Hall–Kier alpha value is -6.32. The highest BCUT2D eigenvalue weighted by Crippen LogP contribution is 2.44. The molecular formula is C47H54N8O5S2. The van der Waals surface area contributed by atoms with E-state index in [4.69, 9.17) is 0 Å². The molecule has 0 spiro atoms. The zero-order valence-corrected chi connectivity index (χ0v) is 37.2. The first-order valence-corrected chi connectivity index (χ1v) is 22.7. The highest BCUT2D eigenvalue weighted by Gasteiger charge is 2.29.